The monoisotopic (exact) mass is 317 g/mol. The van der Waals surface area contributed by atoms with Gasteiger partial charge in [0.2, 0.25) is 5.91 Å². The smallest absolute Gasteiger partial charge is 0.223 e. The molecule has 2 aliphatic rings. The Labute approximate surface area is 138 Å². The average molecular weight is 317 g/mol. The molecule has 126 valence electrons. The van der Waals surface area contributed by atoms with Crippen molar-refractivity contribution >= 4 is 5.91 Å². The summed E-state index contributed by atoms with van der Waals surface area (Å²) < 4.78 is 5.24. The Morgan fingerprint density at radius 1 is 1.22 bits per heavy atom. The van der Waals surface area contributed by atoms with Gasteiger partial charge >= 0.3 is 0 Å². The quantitative estimate of drug-likeness (QED) is 0.897. The average Bonchev–Trinajstić information content (AvgIpc) is 3.09. The lowest BCUT2D eigenvalue weighted by Crippen LogP contribution is -2.47. The molecular weight excluding hydrogens is 290 g/mol. The van der Waals surface area contributed by atoms with E-state index in [2.05, 4.69) is 22.3 Å². The number of nitrogens with zero attached hydrogens (tertiary/aromatic N) is 2. The molecule has 1 atom stereocenters. The summed E-state index contributed by atoms with van der Waals surface area (Å²) in [5.74, 6) is 1.19. The summed E-state index contributed by atoms with van der Waals surface area (Å²) >= 11 is 0. The number of amides is 1. The van der Waals surface area contributed by atoms with E-state index in [1.54, 1.807) is 7.11 Å². The summed E-state index contributed by atoms with van der Waals surface area (Å²) in [5, 5.41) is 3.29. The highest BCUT2D eigenvalue weighted by Crippen LogP contribution is 2.32. The summed E-state index contributed by atoms with van der Waals surface area (Å²) in [4.78, 5) is 16.8. The van der Waals surface area contributed by atoms with Crippen LogP contribution in [-0.4, -0.2) is 62.1 Å². The third-order valence-electron chi connectivity index (χ3n) is 4.95. The maximum absolute atomic E-state index is 12.3. The van der Waals surface area contributed by atoms with Gasteiger partial charge in [-0.2, -0.15) is 0 Å². The molecule has 1 aromatic carbocycles. The van der Waals surface area contributed by atoms with Crippen LogP contribution in [0.15, 0.2) is 24.3 Å². The highest BCUT2D eigenvalue weighted by molar-refractivity contribution is 5.76. The number of ether oxygens (including phenoxy) is 1. The van der Waals surface area contributed by atoms with Gasteiger partial charge < -0.3 is 15.0 Å². The molecule has 1 N–H and O–H groups in total. The first-order valence-electron chi connectivity index (χ1n) is 8.64. The van der Waals surface area contributed by atoms with E-state index in [0.29, 0.717) is 18.4 Å². The number of carbonyl (C=O) groups excluding carboxylic acids is 1. The molecule has 2 aliphatic heterocycles. The minimum Gasteiger partial charge on any atom is -0.497 e. The molecule has 1 aromatic rings. The van der Waals surface area contributed by atoms with Gasteiger partial charge in [-0.05, 0) is 37.1 Å². The van der Waals surface area contributed by atoms with Gasteiger partial charge in [-0.25, -0.2) is 0 Å². The minimum absolute atomic E-state index is 0.298. The zero-order valence-corrected chi connectivity index (χ0v) is 14.0. The van der Waals surface area contributed by atoms with Gasteiger partial charge in [0.1, 0.15) is 5.75 Å². The molecule has 2 saturated heterocycles. The van der Waals surface area contributed by atoms with Crippen molar-refractivity contribution < 1.29 is 9.53 Å². The lowest BCUT2D eigenvalue weighted by molar-refractivity contribution is -0.132. The van der Waals surface area contributed by atoms with E-state index < -0.39 is 0 Å². The van der Waals surface area contributed by atoms with Gasteiger partial charge in [-0.3, -0.25) is 9.69 Å². The maximum Gasteiger partial charge on any atom is 0.223 e. The van der Waals surface area contributed by atoms with Crippen LogP contribution in [-0.2, 0) is 4.79 Å². The number of methoxy groups -OCH3 is 1. The highest BCUT2D eigenvalue weighted by Gasteiger charge is 2.27. The Morgan fingerprint density at radius 2 is 1.96 bits per heavy atom. The summed E-state index contributed by atoms with van der Waals surface area (Å²) in [6, 6.07) is 8.80. The van der Waals surface area contributed by atoms with E-state index in [4.69, 9.17) is 4.74 Å². The molecule has 0 saturated carbocycles. The van der Waals surface area contributed by atoms with Gasteiger partial charge in [0.25, 0.3) is 0 Å². The van der Waals surface area contributed by atoms with Crippen molar-refractivity contribution in [3.8, 4) is 5.75 Å². The first-order chi connectivity index (χ1) is 11.3. The van der Waals surface area contributed by atoms with E-state index in [-0.39, 0.29) is 0 Å². The zero-order valence-electron chi connectivity index (χ0n) is 14.0. The number of piperazine rings is 1. The number of carbonyl (C=O) groups is 1. The van der Waals surface area contributed by atoms with Crippen LogP contribution in [0.4, 0.5) is 0 Å². The Balaban J connectivity index is 1.54. The van der Waals surface area contributed by atoms with E-state index in [9.17, 15) is 4.79 Å². The number of hydrogen-bond acceptors (Lipinski definition) is 4. The third kappa shape index (κ3) is 4.03. The van der Waals surface area contributed by atoms with Crippen LogP contribution in [0.1, 0.15) is 30.9 Å². The van der Waals surface area contributed by atoms with Crippen molar-refractivity contribution in [3.63, 3.8) is 0 Å². The van der Waals surface area contributed by atoms with Crippen molar-refractivity contribution in [1.29, 1.82) is 0 Å². The van der Waals surface area contributed by atoms with Crippen molar-refractivity contribution in [2.45, 2.75) is 25.3 Å². The van der Waals surface area contributed by atoms with Crippen LogP contribution in [0.3, 0.4) is 0 Å². The normalized spacial score (nSPS) is 22.3. The van der Waals surface area contributed by atoms with Crippen molar-refractivity contribution in [2.75, 3.05) is 46.4 Å². The van der Waals surface area contributed by atoms with Gasteiger partial charge in [0, 0.05) is 45.2 Å². The van der Waals surface area contributed by atoms with Crippen LogP contribution in [0.5, 0.6) is 5.75 Å². The predicted molar refractivity (Wildman–Crippen MR) is 90.6 cm³/mol. The first kappa shape index (κ1) is 16.3. The van der Waals surface area contributed by atoms with E-state index in [1.165, 1.54) is 18.4 Å². The first-order valence-corrected chi connectivity index (χ1v) is 8.64. The summed E-state index contributed by atoms with van der Waals surface area (Å²) in [6.07, 6.45) is 3.01. The van der Waals surface area contributed by atoms with Crippen LogP contribution < -0.4 is 10.1 Å². The maximum atomic E-state index is 12.3. The molecule has 23 heavy (non-hydrogen) atoms. The second-order valence-corrected chi connectivity index (χ2v) is 6.35. The van der Waals surface area contributed by atoms with E-state index in [1.807, 2.05) is 17.0 Å². The van der Waals surface area contributed by atoms with Crippen LogP contribution in [0.25, 0.3) is 0 Å². The Bertz CT molecular complexity index is 512. The molecule has 2 heterocycles. The molecule has 0 aliphatic carbocycles. The SMILES string of the molecule is COc1ccc(C2CCCN2CCC(=O)N2CCNCC2)cc1. The predicted octanol–water partition coefficient (Wildman–Crippen LogP) is 1.65. The zero-order chi connectivity index (χ0) is 16.1. The number of rotatable bonds is 5. The molecule has 0 spiro atoms. The van der Waals surface area contributed by atoms with Gasteiger partial charge in [0.15, 0.2) is 0 Å². The van der Waals surface area contributed by atoms with Crippen molar-refractivity contribution in [3.05, 3.63) is 29.8 Å². The molecule has 3 rings (SSSR count). The summed E-state index contributed by atoms with van der Waals surface area (Å²) in [6.45, 7) is 5.49. The summed E-state index contributed by atoms with van der Waals surface area (Å²) in [7, 11) is 1.69. The van der Waals surface area contributed by atoms with E-state index in [0.717, 1.165) is 45.0 Å². The summed E-state index contributed by atoms with van der Waals surface area (Å²) in [5.41, 5.74) is 1.33. The Kier molecular flexibility index (Phi) is 5.51. The van der Waals surface area contributed by atoms with Gasteiger partial charge in [-0.15, -0.1) is 0 Å². The molecule has 2 fully saturated rings. The Morgan fingerprint density at radius 3 is 2.65 bits per heavy atom. The second kappa shape index (κ2) is 7.79. The molecule has 0 radical (unpaired) electrons. The lowest BCUT2D eigenvalue weighted by atomic mass is 10.0. The van der Waals surface area contributed by atoms with Crippen LogP contribution >= 0.6 is 0 Å². The standard InChI is InChI=1S/C18H27N3O2/c1-23-16-6-4-15(5-7-16)17-3-2-11-20(17)12-8-18(22)21-13-9-19-10-14-21/h4-7,17,19H,2-3,8-14H2,1H3. The minimum atomic E-state index is 0.298. The van der Waals surface area contributed by atoms with Gasteiger partial charge in [-0.1, -0.05) is 12.1 Å². The van der Waals surface area contributed by atoms with Crippen LogP contribution in [0.2, 0.25) is 0 Å². The number of benzene rings is 1. The van der Waals surface area contributed by atoms with Crippen molar-refractivity contribution in [1.82, 2.24) is 15.1 Å². The number of likely N-dealkylation sites (tertiary alicyclic amines) is 1. The fourth-order valence-corrected chi connectivity index (χ4v) is 3.61. The fraction of sp³-hybridized carbons (Fsp3) is 0.611. The second-order valence-electron chi connectivity index (χ2n) is 6.35. The molecule has 0 bridgehead atoms. The highest BCUT2D eigenvalue weighted by atomic mass is 16.5. The molecule has 5 heteroatoms. The third-order valence-corrected chi connectivity index (χ3v) is 4.95. The Hall–Kier alpha value is -1.59. The largest absolute Gasteiger partial charge is 0.497 e. The molecule has 1 unspecified atom stereocenters. The lowest BCUT2D eigenvalue weighted by Gasteiger charge is -2.29. The number of hydrogen-bond donors (Lipinski definition) is 1. The van der Waals surface area contributed by atoms with Crippen molar-refractivity contribution in [2.24, 2.45) is 0 Å². The molecule has 0 aromatic heterocycles. The van der Waals surface area contributed by atoms with Gasteiger partial charge in [0.05, 0.1) is 7.11 Å². The number of nitrogens with one attached hydrogen (secondary N) is 1. The topological polar surface area (TPSA) is 44.8 Å². The fourth-order valence-electron chi connectivity index (χ4n) is 3.61. The molecular formula is C18H27N3O2. The molecule has 1 amide bonds. The molecule has 5 nitrogen and oxygen atoms in total. The van der Waals surface area contributed by atoms with E-state index >= 15 is 0 Å². The van der Waals surface area contributed by atoms with Crippen LogP contribution in [0, 0.1) is 0 Å².